The second-order valence-corrected chi connectivity index (χ2v) is 4.79. The Labute approximate surface area is 113 Å². The van der Waals surface area contributed by atoms with E-state index in [1.165, 1.54) is 6.33 Å². The molecule has 0 aliphatic carbocycles. The number of aromatic amines is 1. The summed E-state index contributed by atoms with van der Waals surface area (Å²) in [6, 6.07) is 8.00. The summed E-state index contributed by atoms with van der Waals surface area (Å²) in [5.41, 5.74) is 2.08. The third-order valence-electron chi connectivity index (χ3n) is 2.57. The Morgan fingerprint density at radius 2 is 2.06 bits per heavy atom. The molecule has 1 aromatic heterocycles. The van der Waals surface area contributed by atoms with Crippen LogP contribution in [-0.4, -0.2) is 17.0 Å². The van der Waals surface area contributed by atoms with Crippen LogP contribution in [0.3, 0.4) is 0 Å². The van der Waals surface area contributed by atoms with Gasteiger partial charge in [0.1, 0.15) is 3.57 Å². The maximum absolute atomic E-state index is 11.5. The van der Waals surface area contributed by atoms with Crippen molar-refractivity contribution in [2.45, 2.75) is 6.92 Å². The van der Waals surface area contributed by atoms with Gasteiger partial charge in [-0.25, -0.2) is 4.98 Å². The summed E-state index contributed by atoms with van der Waals surface area (Å²) in [6.45, 7) is 2.03. The van der Waals surface area contributed by atoms with Crippen molar-refractivity contribution in [3.05, 3.63) is 50.1 Å². The van der Waals surface area contributed by atoms with Gasteiger partial charge in [-0.15, -0.1) is 0 Å². The van der Waals surface area contributed by atoms with Crippen LogP contribution in [0.4, 0.5) is 11.5 Å². The predicted molar refractivity (Wildman–Crippen MR) is 76.8 cm³/mol. The molecule has 0 fully saturated rings. The zero-order chi connectivity index (χ0) is 12.4. The average molecular weight is 341 g/mol. The number of anilines is 2. The zero-order valence-corrected chi connectivity index (χ0v) is 11.7. The lowest BCUT2D eigenvalue weighted by molar-refractivity contribution is 1.03. The number of H-pyrrole nitrogens is 1. The summed E-state index contributed by atoms with van der Waals surface area (Å²) in [6.07, 6.45) is 1.43. The quantitative estimate of drug-likeness (QED) is 0.854. The minimum Gasteiger partial charge on any atom is -0.328 e. The molecule has 0 aliphatic heterocycles. The molecular formula is C12H12IN3O. The highest BCUT2D eigenvalue weighted by atomic mass is 127. The van der Waals surface area contributed by atoms with E-state index in [2.05, 4.69) is 9.97 Å². The molecule has 0 spiro atoms. The first-order valence-corrected chi connectivity index (χ1v) is 6.21. The van der Waals surface area contributed by atoms with Gasteiger partial charge in [0.15, 0.2) is 5.82 Å². The van der Waals surface area contributed by atoms with Crippen LogP contribution in [0.5, 0.6) is 0 Å². The van der Waals surface area contributed by atoms with Gasteiger partial charge in [-0.3, -0.25) is 4.79 Å². The number of nitrogens with zero attached hydrogens (tertiary/aromatic N) is 2. The lowest BCUT2D eigenvalue weighted by Crippen LogP contribution is -2.20. The summed E-state index contributed by atoms with van der Waals surface area (Å²) in [5, 5.41) is 0. The number of benzene rings is 1. The van der Waals surface area contributed by atoms with Crippen LogP contribution in [0.2, 0.25) is 0 Å². The predicted octanol–water partition coefficient (Wildman–Crippen LogP) is 2.45. The molecule has 1 heterocycles. The zero-order valence-electron chi connectivity index (χ0n) is 9.57. The summed E-state index contributed by atoms with van der Waals surface area (Å²) in [4.78, 5) is 20.2. The van der Waals surface area contributed by atoms with Crippen molar-refractivity contribution in [2.24, 2.45) is 0 Å². The molecule has 0 saturated heterocycles. The van der Waals surface area contributed by atoms with E-state index in [0.717, 1.165) is 11.3 Å². The molecule has 1 aromatic carbocycles. The van der Waals surface area contributed by atoms with Crippen molar-refractivity contribution in [2.75, 3.05) is 11.9 Å². The number of hydrogen-bond acceptors (Lipinski definition) is 3. The van der Waals surface area contributed by atoms with Gasteiger partial charge in [0.2, 0.25) is 0 Å². The fraction of sp³-hybridized carbons (Fsp3) is 0.167. The number of hydrogen-bond donors (Lipinski definition) is 1. The molecule has 17 heavy (non-hydrogen) atoms. The topological polar surface area (TPSA) is 49.0 Å². The molecule has 88 valence electrons. The number of halogens is 1. The van der Waals surface area contributed by atoms with Crippen LogP contribution in [0.15, 0.2) is 35.4 Å². The lowest BCUT2D eigenvalue weighted by Gasteiger charge is -2.20. The monoisotopic (exact) mass is 341 g/mol. The number of para-hydroxylation sites is 1. The Hall–Kier alpha value is -1.37. The second-order valence-electron chi connectivity index (χ2n) is 3.71. The minimum absolute atomic E-state index is 0.115. The molecule has 0 radical (unpaired) electrons. The average Bonchev–Trinajstić information content (AvgIpc) is 2.32. The molecule has 1 N–H and O–H groups in total. The highest BCUT2D eigenvalue weighted by molar-refractivity contribution is 14.1. The molecule has 0 aliphatic rings. The third kappa shape index (κ3) is 2.33. The van der Waals surface area contributed by atoms with Gasteiger partial charge >= 0.3 is 0 Å². The van der Waals surface area contributed by atoms with Gasteiger partial charge in [0.25, 0.3) is 5.56 Å². The Morgan fingerprint density at radius 3 is 2.76 bits per heavy atom. The van der Waals surface area contributed by atoms with Gasteiger partial charge in [0.05, 0.1) is 6.33 Å². The van der Waals surface area contributed by atoms with Gasteiger partial charge in [-0.05, 0) is 41.1 Å². The highest BCUT2D eigenvalue weighted by Gasteiger charge is 2.12. The summed E-state index contributed by atoms with van der Waals surface area (Å²) >= 11 is 2.01. The van der Waals surface area contributed by atoms with Crippen LogP contribution in [0.25, 0.3) is 0 Å². The summed E-state index contributed by atoms with van der Waals surface area (Å²) in [7, 11) is 1.91. The van der Waals surface area contributed by atoms with Crippen LogP contribution in [0.1, 0.15) is 5.56 Å². The first kappa shape index (κ1) is 12.1. The van der Waals surface area contributed by atoms with Gasteiger partial charge in [-0.2, -0.15) is 0 Å². The van der Waals surface area contributed by atoms with Crippen molar-refractivity contribution >= 4 is 34.1 Å². The van der Waals surface area contributed by atoms with Gasteiger partial charge < -0.3 is 9.88 Å². The smallest absolute Gasteiger partial charge is 0.266 e. The van der Waals surface area contributed by atoms with Crippen LogP contribution in [-0.2, 0) is 0 Å². The maximum atomic E-state index is 11.5. The van der Waals surface area contributed by atoms with E-state index in [4.69, 9.17) is 0 Å². The first-order chi connectivity index (χ1) is 8.11. The summed E-state index contributed by atoms with van der Waals surface area (Å²) < 4.78 is 0.593. The Morgan fingerprint density at radius 1 is 1.35 bits per heavy atom. The van der Waals surface area contributed by atoms with E-state index in [1.807, 2.05) is 65.7 Å². The molecule has 2 rings (SSSR count). The van der Waals surface area contributed by atoms with Crippen molar-refractivity contribution in [1.82, 2.24) is 9.97 Å². The molecule has 0 amide bonds. The van der Waals surface area contributed by atoms with Crippen LogP contribution >= 0.6 is 22.6 Å². The molecule has 5 heteroatoms. The SMILES string of the molecule is Cc1ccccc1N(C)c1nc[nH]c(=O)c1I. The van der Waals surface area contributed by atoms with Gasteiger partial charge in [0, 0.05) is 12.7 Å². The van der Waals surface area contributed by atoms with Crippen molar-refractivity contribution < 1.29 is 0 Å². The third-order valence-corrected chi connectivity index (χ3v) is 3.54. The van der Waals surface area contributed by atoms with E-state index in [0.29, 0.717) is 9.39 Å². The molecule has 0 unspecified atom stereocenters. The minimum atomic E-state index is -0.115. The Kier molecular flexibility index (Phi) is 3.46. The second kappa shape index (κ2) is 4.87. The number of aryl methyl sites for hydroxylation is 1. The van der Waals surface area contributed by atoms with Gasteiger partial charge in [-0.1, -0.05) is 18.2 Å². The molecule has 4 nitrogen and oxygen atoms in total. The van der Waals surface area contributed by atoms with Crippen LogP contribution < -0.4 is 10.5 Å². The highest BCUT2D eigenvalue weighted by Crippen LogP contribution is 2.26. The van der Waals surface area contributed by atoms with Crippen LogP contribution in [0, 0.1) is 10.5 Å². The standard InChI is InChI=1S/C12H12IN3O/c1-8-5-3-4-6-9(8)16(2)11-10(13)12(17)15-7-14-11/h3-7H,1-2H3,(H,14,15,17). The van der Waals surface area contributed by atoms with E-state index in [9.17, 15) is 4.79 Å². The molecule has 2 aromatic rings. The number of aromatic nitrogens is 2. The fourth-order valence-electron chi connectivity index (χ4n) is 1.66. The summed E-state index contributed by atoms with van der Waals surface area (Å²) in [5.74, 6) is 0.670. The largest absolute Gasteiger partial charge is 0.328 e. The lowest BCUT2D eigenvalue weighted by atomic mass is 10.2. The van der Waals surface area contributed by atoms with Crippen molar-refractivity contribution in [1.29, 1.82) is 0 Å². The molecule has 0 atom stereocenters. The number of nitrogens with one attached hydrogen (secondary N) is 1. The van der Waals surface area contributed by atoms with Crippen molar-refractivity contribution in [3.8, 4) is 0 Å². The number of rotatable bonds is 2. The fourth-order valence-corrected chi connectivity index (χ4v) is 2.32. The van der Waals surface area contributed by atoms with Crippen molar-refractivity contribution in [3.63, 3.8) is 0 Å². The Balaban J connectivity index is 2.52. The molecular weight excluding hydrogens is 329 g/mol. The molecule has 0 saturated carbocycles. The first-order valence-electron chi connectivity index (χ1n) is 5.14. The Bertz CT molecular complexity index is 594. The molecule has 0 bridgehead atoms. The maximum Gasteiger partial charge on any atom is 0.266 e. The van der Waals surface area contributed by atoms with E-state index in [-0.39, 0.29) is 5.56 Å². The van der Waals surface area contributed by atoms with E-state index < -0.39 is 0 Å². The van der Waals surface area contributed by atoms with E-state index >= 15 is 0 Å². The normalized spacial score (nSPS) is 10.3. The van der Waals surface area contributed by atoms with E-state index in [1.54, 1.807) is 0 Å².